The summed E-state index contributed by atoms with van der Waals surface area (Å²) in [6.45, 7) is 12.4. The van der Waals surface area contributed by atoms with Gasteiger partial charge in [-0.05, 0) is 44.0 Å². The molecule has 1 aromatic heterocycles. The van der Waals surface area contributed by atoms with Gasteiger partial charge in [0.25, 0.3) is 0 Å². The highest BCUT2D eigenvalue weighted by Gasteiger charge is 2.62. The molecular weight excluding hydrogens is 348 g/mol. The maximum absolute atomic E-state index is 13.5. The van der Waals surface area contributed by atoms with Gasteiger partial charge in [-0.3, -0.25) is 4.98 Å². The van der Waals surface area contributed by atoms with Crippen LogP contribution in [-0.4, -0.2) is 31.4 Å². The first-order valence-corrected chi connectivity index (χ1v) is 13.6. The SMILES string of the molecule is Cc1cc(C)c(S(=O)(=O)N2[C@H]([Si](C)(C)C)[C@@H]2c2ccccn2)c(C)c1. The van der Waals surface area contributed by atoms with Gasteiger partial charge in [0.2, 0.25) is 10.0 Å². The molecule has 1 saturated heterocycles. The summed E-state index contributed by atoms with van der Waals surface area (Å²) in [5.41, 5.74) is 3.62. The molecule has 1 aromatic carbocycles. The largest absolute Gasteiger partial charge is 0.260 e. The zero-order valence-electron chi connectivity index (χ0n) is 15.7. The highest BCUT2D eigenvalue weighted by molar-refractivity contribution is 7.89. The summed E-state index contributed by atoms with van der Waals surface area (Å²) in [7, 11) is -5.26. The molecule has 6 heteroatoms. The van der Waals surface area contributed by atoms with Gasteiger partial charge in [-0.2, -0.15) is 4.31 Å². The number of hydrogen-bond acceptors (Lipinski definition) is 3. The van der Waals surface area contributed by atoms with Gasteiger partial charge in [-0.1, -0.05) is 43.4 Å². The maximum Gasteiger partial charge on any atom is 0.244 e. The first kappa shape index (κ1) is 18.3. The van der Waals surface area contributed by atoms with E-state index in [1.54, 1.807) is 10.5 Å². The summed E-state index contributed by atoms with van der Waals surface area (Å²) >= 11 is 0. The zero-order valence-corrected chi connectivity index (χ0v) is 17.6. The Morgan fingerprint density at radius 1 is 1.04 bits per heavy atom. The molecular formula is C19H26N2O2SSi. The van der Waals surface area contributed by atoms with Crippen LogP contribution in [0.1, 0.15) is 28.4 Å². The van der Waals surface area contributed by atoms with Gasteiger partial charge in [0.15, 0.2) is 0 Å². The number of hydrogen-bond donors (Lipinski definition) is 0. The maximum atomic E-state index is 13.5. The monoisotopic (exact) mass is 374 g/mol. The van der Waals surface area contributed by atoms with Gasteiger partial charge >= 0.3 is 0 Å². The first-order valence-electron chi connectivity index (χ1n) is 8.57. The lowest BCUT2D eigenvalue weighted by Crippen LogP contribution is -2.34. The fourth-order valence-corrected chi connectivity index (χ4v) is 9.50. The molecule has 1 aliphatic rings. The van der Waals surface area contributed by atoms with E-state index in [0.717, 1.165) is 22.4 Å². The van der Waals surface area contributed by atoms with Crippen molar-refractivity contribution in [3.63, 3.8) is 0 Å². The van der Waals surface area contributed by atoms with Crippen LogP contribution in [0.5, 0.6) is 0 Å². The van der Waals surface area contributed by atoms with E-state index in [1.165, 1.54) is 0 Å². The summed E-state index contributed by atoms with van der Waals surface area (Å²) in [5, 5.41) is 0. The summed E-state index contributed by atoms with van der Waals surface area (Å²) in [6, 6.07) is 9.48. The minimum absolute atomic E-state index is 0.0486. The van der Waals surface area contributed by atoms with Crippen molar-refractivity contribution < 1.29 is 8.42 Å². The molecule has 2 aromatic rings. The van der Waals surface area contributed by atoms with Gasteiger partial charge in [-0.15, -0.1) is 0 Å². The van der Waals surface area contributed by atoms with Crippen molar-refractivity contribution in [3.05, 3.63) is 58.9 Å². The number of aromatic nitrogens is 1. The van der Waals surface area contributed by atoms with E-state index in [9.17, 15) is 8.42 Å². The molecule has 1 aliphatic heterocycles. The van der Waals surface area contributed by atoms with Crippen molar-refractivity contribution in [2.75, 3.05) is 0 Å². The number of pyridine rings is 1. The molecule has 1 fully saturated rings. The fraction of sp³-hybridized carbons (Fsp3) is 0.421. The minimum atomic E-state index is -3.55. The lowest BCUT2D eigenvalue weighted by atomic mass is 10.1. The van der Waals surface area contributed by atoms with Crippen molar-refractivity contribution >= 4 is 18.1 Å². The summed E-state index contributed by atoms with van der Waals surface area (Å²) in [4.78, 5) is 4.90. The second-order valence-corrected chi connectivity index (χ2v) is 15.2. The van der Waals surface area contributed by atoms with E-state index in [2.05, 4.69) is 24.6 Å². The molecule has 1 unspecified atom stereocenters. The van der Waals surface area contributed by atoms with Crippen molar-refractivity contribution in [3.8, 4) is 0 Å². The van der Waals surface area contributed by atoms with E-state index in [0.29, 0.717) is 4.90 Å². The standard InChI is InChI=1S/C19H26N2O2SSi/c1-13-11-14(2)18(15(3)12-13)24(22,23)21-17(19(21)25(4,5)6)16-9-7-8-10-20-16/h7-12,17,19H,1-6H3/t17-,19+,21?/m0/s1. The number of sulfonamides is 1. The van der Waals surface area contributed by atoms with Crippen LogP contribution in [0.4, 0.5) is 0 Å². The van der Waals surface area contributed by atoms with Crippen LogP contribution in [0.2, 0.25) is 19.6 Å². The second kappa shape index (κ2) is 6.04. The summed E-state index contributed by atoms with van der Waals surface area (Å²) in [6.07, 6.45) is 1.74. The van der Waals surface area contributed by atoms with Crippen LogP contribution in [-0.2, 0) is 10.0 Å². The summed E-state index contributed by atoms with van der Waals surface area (Å²) < 4.78 is 28.7. The molecule has 3 rings (SSSR count). The van der Waals surface area contributed by atoms with Gasteiger partial charge in [0, 0.05) is 11.9 Å². The Morgan fingerprint density at radius 2 is 1.64 bits per heavy atom. The predicted molar refractivity (Wildman–Crippen MR) is 104 cm³/mol. The lowest BCUT2D eigenvalue weighted by molar-refractivity contribution is 0.549. The van der Waals surface area contributed by atoms with Gasteiger partial charge < -0.3 is 0 Å². The first-order chi connectivity index (χ1) is 11.5. The molecule has 0 aliphatic carbocycles. The van der Waals surface area contributed by atoms with E-state index in [4.69, 9.17) is 0 Å². The normalized spacial score (nSPS) is 23.5. The quantitative estimate of drug-likeness (QED) is 0.600. The topological polar surface area (TPSA) is 50.0 Å². The van der Waals surface area contributed by atoms with E-state index >= 15 is 0 Å². The molecule has 134 valence electrons. The molecule has 2 heterocycles. The molecule has 0 amide bonds. The van der Waals surface area contributed by atoms with E-state index in [1.807, 2.05) is 51.1 Å². The van der Waals surface area contributed by atoms with Crippen LogP contribution >= 0.6 is 0 Å². The lowest BCUT2D eigenvalue weighted by Gasteiger charge is -2.17. The van der Waals surface area contributed by atoms with Crippen LogP contribution in [0, 0.1) is 20.8 Å². The van der Waals surface area contributed by atoms with Crippen molar-refractivity contribution in [1.82, 2.24) is 9.29 Å². The van der Waals surface area contributed by atoms with Gasteiger partial charge in [-0.25, -0.2) is 8.42 Å². The van der Waals surface area contributed by atoms with Gasteiger partial charge in [0.1, 0.15) is 0 Å². The number of rotatable bonds is 4. The average Bonchev–Trinajstić information content (AvgIpc) is 3.23. The van der Waals surface area contributed by atoms with Crippen LogP contribution in [0.25, 0.3) is 0 Å². The van der Waals surface area contributed by atoms with Crippen molar-refractivity contribution in [2.45, 2.75) is 57.0 Å². The smallest absolute Gasteiger partial charge is 0.244 e. The van der Waals surface area contributed by atoms with E-state index < -0.39 is 18.1 Å². The molecule has 0 radical (unpaired) electrons. The second-order valence-electron chi connectivity index (χ2n) is 8.07. The molecule has 0 N–H and O–H groups in total. The molecule has 0 spiro atoms. The van der Waals surface area contributed by atoms with Crippen LogP contribution in [0.3, 0.4) is 0 Å². The Bertz CT molecular complexity index is 882. The van der Waals surface area contributed by atoms with Crippen molar-refractivity contribution in [1.29, 1.82) is 0 Å². The highest BCUT2D eigenvalue weighted by Crippen LogP contribution is 2.51. The molecule has 0 saturated carbocycles. The third-order valence-electron chi connectivity index (χ3n) is 4.78. The fourth-order valence-electron chi connectivity index (χ4n) is 3.89. The Hall–Kier alpha value is -1.50. The molecule has 3 atom stereocenters. The molecule has 0 bridgehead atoms. The number of aryl methyl sites for hydroxylation is 3. The molecule has 25 heavy (non-hydrogen) atoms. The van der Waals surface area contributed by atoms with Crippen LogP contribution in [0.15, 0.2) is 41.4 Å². The predicted octanol–water partition coefficient (Wildman–Crippen LogP) is 4.00. The Kier molecular flexibility index (Phi) is 4.42. The Labute approximate surface area is 152 Å². The third kappa shape index (κ3) is 3.18. The number of nitrogens with zero attached hydrogens (tertiary/aromatic N) is 2. The highest BCUT2D eigenvalue weighted by atomic mass is 32.2. The van der Waals surface area contributed by atoms with Crippen molar-refractivity contribution in [2.24, 2.45) is 0 Å². The molecule has 4 nitrogen and oxygen atoms in total. The average molecular weight is 375 g/mol. The number of benzene rings is 1. The zero-order chi connectivity index (χ0) is 18.6. The third-order valence-corrected chi connectivity index (χ3v) is 9.50. The summed E-state index contributed by atoms with van der Waals surface area (Å²) in [5.74, 6) is 0. The van der Waals surface area contributed by atoms with E-state index in [-0.39, 0.29) is 11.7 Å². The Morgan fingerprint density at radius 3 is 2.12 bits per heavy atom. The Balaban J connectivity index is 2.11. The van der Waals surface area contributed by atoms with Gasteiger partial charge in [0.05, 0.1) is 24.7 Å². The minimum Gasteiger partial charge on any atom is -0.260 e. The van der Waals surface area contributed by atoms with Crippen LogP contribution < -0.4 is 0 Å².